The zero-order chi connectivity index (χ0) is 16.2. The largest absolute Gasteiger partial charge is 0.462 e. The van der Waals surface area contributed by atoms with E-state index < -0.39 is 51.3 Å². The molecule has 0 unspecified atom stereocenters. The van der Waals surface area contributed by atoms with E-state index in [1.165, 1.54) is 13.0 Å². The Labute approximate surface area is 120 Å². The Hall–Kier alpha value is -1.82. The highest BCUT2D eigenvalue weighted by Gasteiger charge is 2.34. The molecule has 0 aliphatic heterocycles. The minimum absolute atomic E-state index is 0.168. The second-order valence-corrected chi connectivity index (χ2v) is 4.69. The molecule has 1 aromatic carbocycles. The summed E-state index contributed by atoms with van der Waals surface area (Å²) in [6.45, 7) is 1.23. The predicted octanol–water partition coefficient (Wildman–Crippen LogP) is 4.28. The van der Waals surface area contributed by atoms with Gasteiger partial charge in [-0.2, -0.15) is 18.4 Å². The van der Waals surface area contributed by atoms with Crippen LogP contribution in [0.4, 0.5) is 22.0 Å². The number of carbonyl (C=O) groups is 1. The molecule has 0 saturated carbocycles. The molecule has 0 bridgehead atoms. The smallest absolute Gasteiger partial charge is 0.446 e. The van der Waals surface area contributed by atoms with Gasteiger partial charge in [0.05, 0.1) is 17.7 Å². The highest BCUT2D eigenvalue weighted by molar-refractivity contribution is 8.00. The molecule has 3 nitrogen and oxygen atoms in total. The summed E-state index contributed by atoms with van der Waals surface area (Å²) in [4.78, 5) is 11.1. The van der Waals surface area contributed by atoms with Crippen molar-refractivity contribution in [3.05, 3.63) is 28.8 Å². The minimum Gasteiger partial charge on any atom is -0.462 e. The number of hydrogen-bond acceptors (Lipinski definition) is 4. The number of nitrogens with zero attached hydrogens (tertiary/aromatic N) is 1. The molecule has 0 spiro atoms. The van der Waals surface area contributed by atoms with Gasteiger partial charge in [0.25, 0.3) is 6.43 Å². The van der Waals surface area contributed by atoms with Crippen LogP contribution in [0.5, 0.6) is 0 Å². The van der Waals surface area contributed by atoms with E-state index in [-0.39, 0.29) is 6.61 Å². The number of benzene rings is 1. The number of alkyl halides is 5. The van der Waals surface area contributed by atoms with Gasteiger partial charge < -0.3 is 4.74 Å². The molecular formula is C12H8F5NO2S. The Bertz CT molecular complexity index is 580. The summed E-state index contributed by atoms with van der Waals surface area (Å²) in [5, 5.41) is 8.91. The SMILES string of the molecule is CCOC(=O)c1c(SC(F)(F)F)ccc(C(F)F)c1C#N. The third kappa shape index (κ3) is 4.32. The van der Waals surface area contributed by atoms with Gasteiger partial charge in [0.1, 0.15) is 6.07 Å². The maximum Gasteiger partial charge on any atom is 0.446 e. The number of ether oxygens (including phenoxy) is 1. The summed E-state index contributed by atoms with van der Waals surface area (Å²) in [5.74, 6) is -1.25. The van der Waals surface area contributed by atoms with Gasteiger partial charge in [-0.25, -0.2) is 13.6 Å². The van der Waals surface area contributed by atoms with E-state index >= 15 is 0 Å². The second-order valence-electron chi connectivity index (χ2n) is 3.58. The van der Waals surface area contributed by atoms with Gasteiger partial charge in [0, 0.05) is 10.5 Å². The standard InChI is InChI=1S/C12H8F5NO2S/c1-2-20-11(19)9-7(5-18)6(10(13)14)3-4-8(9)21-12(15,16)17/h3-4,10H,2H2,1H3. The van der Waals surface area contributed by atoms with E-state index in [0.29, 0.717) is 6.07 Å². The zero-order valence-electron chi connectivity index (χ0n) is 10.5. The molecule has 0 aromatic heterocycles. The molecule has 1 rings (SSSR count). The van der Waals surface area contributed by atoms with Crippen LogP contribution in [0.15, 0.2) is 17.0 Å². The Kier molecular flexibility index (Phi) is 5.54. The fourth-order valence-corrected chi connectivity index (χ4v) is 2.19. The highest BCUT2D eigenvalue weighted by atomic mass is 32.2. The molecule has 0 atom stereocenters. The van der Waals surface area contributed by atoms with Gasteiger partial charge in [-0.3, -0.25) is 0 Å². The van der Waals surface area contributed by atoms with Crippen molar-refractivity contribution in [3.8, 4) is 6.07 Å². The van der Waals surface area contributed by atoms with Crippen LogP contribution in [0.1, 0.15) is 34.8 Å². The molecule has 0 aliphatic rings. The lowest BCUT2D eigenvalue weighted by atomic mass is 10.0. The Morgan fingerprint density at radius 1 is 1.43 bits per heavy atom. The van der Waals surface area contributed by atoms with Crippen LogP contribution in [0.25, 0.3) is 0 Å². The van der Waals surface area contributed by atoms with Gasteiger partial charge >= 0.3 is 11.5 Å². The number of halogens is 5. The quantitative estimate of drug-likeness (QED) is 0.471. The summed E-state index contributed by atoms with van der Waals surface area (Å²) in [5.41, 5.74) is -7.15. The van der Waals surface area contributed by atoms with Crippen LogP contribution in [0, 0.1) is 11.3 Å². The van der Waals surface area contributed by atoms with E-state index in [4.69, 9.17) is 5.26 Å². The Balaban J connectivity index is 3.52. The summed E-state index contributed by atoms with van der Waals surface area (Å²) in [6, 6.07) is 2.77. The number of thioether (sulfide) groups is 1. The number of esters is 1. The lowest BCUT2D eigenvalue weighted by Gasteiger charge is -2.14. The van der Waals surface area contributed by atoms with Gasteiger partial charge in [0.2, 0.25) is 0 Å². The van der Waals surface area contributed by atoms with Crippen molar-refractivity contribution < 1.29 is 31.5 Å². The van der Waals surface area contributed by atoms with Crippen molar-refractivity contribution in [2.45, 2.75) is 23.8 Å². The van der Waals surface area contributed by atoms with Crippen LogP contribution in [-0.2, 0) is 4.74 Å². The van der Waals surface area contributed by atoms with Crippen LogP contribution in [0.3, 0.4) is 0 Å². The molecule has 0 saturated heterocycles. The van der Waals surface area contributed by atoms with Gasteiger partial charge in [-0.05, 0) is 24.8 Å². The summed E-state index contributed by atoms with van der Waals surface area (Å²) in [6.07, 6.45) is -3.10. The molecule has 0 heterocycles. The van der Waals surface area contributed by atoms with Crippen molar-refractivity contribution >= 4 is 17.7 Å². The first-order valence-corrected chi connectivity index (χ1v) is 6.31. The normalized spacial score (nSPS) is 11.3. The lowest BCUT2D eigenvalue weighted by Crippen LogP contribution is -2.12. The fraction of sp³-hybridized carbons (Fsp3) is 0.333. The van der Waals surface area contributed by atoms with E-state index in [1.807, 2.05) is 0 Å². The summed E-state index contributed by atoms with van der Waals surface area (Å²) in [7, 11) is 0. The van der Waals surface area contributed by atoms with E-state index in [2.05, 4.69) is 4.74 Å². The molecular weight excluding hydrogens is 317 g/mol. The fourth-order valence-electron chi connectivity index (χ4n) is 1.52. The molecule has 0 amide bonds. The van der Waals surface area contributed by atoms with Crippen LogP contribution in [0.2, 0.25) is 0 Å². The molecule has 0 radical (unpaired) electrons. The van der Waals surface area contributed by atoms with Crippen molar-refractivity contribution in [2.24, 2.45) is 0 Å². The first kappa shape index (κ1) is 17.2. The summed E-state index contributed by atoms with van der Waals surface area (Å²) < 4.78 is 67.4. The molecule has 0 fully saturated rings. The summed E-state index contributed by atoms with van der Waals surface area (Å²) >= 11 is -0.665. The van der Waals surface area contributed by atoms with Gasteiger partial charge in [-0.1, -0.05) is 6.07 Å². The van der Waals surface area contributed by atoms with E-state index in [9.17, 15) is 26.7 Å². The molecule has 21 heavy (non-hydrogen) atoms. The van der Waals surface area contributed by atoms with Crippen molar-refractivity contribution in [1.82, 2.24) is 0 Å². The number of rotatable bonds is 4. The topological polar surface area (TPSA) is 50.1 Å². The van der Waals surface area contributed by atoms with Crippen LogP contribution >= 0.6 is 11.8 Å². The minimum atomic E-state index is -4.74. The molecule has 1 aromatic rings. The monoisotopic (exact) mass is 325 g/mol. The first-order valence-electron chi connectivity index (χ1n) is 5.49. The molecule has 114 valence electrons. The predicted molar refractivity (Wildman–Crippen MR) is 64.0 cm³/mol. The molecule has 0 aliphatic carbocycles. The maximum atomic E-state index is 12.8. The van der Waals surface area contributed by atoms with Gasteiger partial charge in [0.15, 0.2) is 0 Å². The van der Waals surface area contributed by atoms with E-state index in [0.717, 1.165) is 6.07 Å². The van der Waals surface area contributed by atoms with Gasteiger partial charge in [-0.15, -0.1) is 0 Å². The lowest BCUT2D eigenvalue weighted by molar-refractivity contribution is -0.0328. The molecule has 0 N–H and O–H groups in total. The van der Waals surface area contributed by atoms with Crippen molar-refractivity contribution in [3.63, 3.8) is 0 Å². The third-order valence-electron chi connectivity index (χ3n) is 2.25. The third-order valence-corrected chi connectivity index (χ3v) is 3.04. The van der Waals surface area contributed by atoms with E-state index in [1.54, 1.807) is 0 Å². The zero-order valence-corrected chi connectivity index (χ0v) is 11.3. The van der Waals surface area contributed by atoms with Crippen LogP contribution in [-0.4, -0.2) is 18.1 Å². The number of carbonyl (C=O) groups excluding carboxylic acids is 1. The Morgan fingerprint density at radius 2 is 2.05 bits per heavy atom. The molecule has 9 heteroatoms. The van der Waals surface area contributed by atoms with Crippen LogP contribution < -0.4 is 0 Å². The second kappa shape index (κ2) is 6.76. The first-order chi connectivity index (χ1) is 9.71. The van der Waals surface area contributed by atoms with Crippen molar-refractivity contribution in [1.29, 1.82) is 5.26 Å². The highest BCUT2D eigenvalue weighted by Crippen LogP contribution is 2.41. The number of hydrogen-bond donors (Lipinski definition) is 0. The van der Waals surface area contributed by atoms with Crippen molar-refractivity contribution in [2.75, 3.05) is 6.61 Å². The Morgan fingerprint density at radius 3 is 2.48 bits per heavy atom. The number of nitriles is 1. The maximum absolute atomic E-state index is 12.8. The average molecular weight is 325 g/mol. The average Bonchev–Trinajstić information content (AvgIpc) is 2.35.